The number of amides is 1. The lowest BCUT2D eigenvalue weighted by Crippen LogP contribution is -2.10. The molecule has 1 aromatic heterocycles. The Bertz CT molecular complexity index is 616. The van der Waals surface area contributed by atoms with Crippen LogP contribution in [0.4, 0.5) is 23.1 Å². The first-order chi connectivity index (χ1) is 10.7. The highest BCUT2D eigenvalue weighted by molar-refractivity contribution is 5.88. The number of rotatable bonds is 7. The Morgan fingerprint density at radius 1 is 1.18 bits per heavy atom. The van der Waals surface area contributed by atoms with Crippen LogP contribution in [0.2, 0.25) is 0 Å². The fourth-order valence-corrected chi connectivity index (χ4v) is 1.77. The first kappa shape index (κ1) is 15.7. The Morgan fingerprint density at radius 3 is 2.59 bits per heavy atom. The highest BCUT2D eigenvalue weighted by Gasteiger charge is 2.01. The molecule has 1 heterocycles. The molecular weight excluding hydrogens is 282 g/mol. The molecule has 0 atom stereocenters. The Morgan fingerprint density at radius 2 is 1.91 bits per heavy atom. The first-order valence-electron chi connectivity index (χ1n) is 6.88. The number of anilines is 4. The topological polar surface area (TPSA) is 88.2 Å². The third-order valence-corrected chi connectivity index (χ3v) is 2.72. The van der Waals surface area contributed by atoms with Crippen molar-refractivity contribution < 1.29 is 9.53 Å². The summed E-state index contributed by atoms with van der Waals surface area (Å²) in [7, 11) is 1.64. The van der Waals surface area contributed by atoms with Crippen LogP contribution in [0.15, 0.2) is 36.5 Å². The van der Waals surface area contributed by atoms with Gasteiger partial charge in [-0.3, -0.25) is 4.79 Å². The molecule has 7 heteroatoms. The van der Waals surface area contributed by atoms with Gasteiger partial charge in [-0.25, -0.2) is 4.98 Å². The molecule has 7 nitrogen and oxygen atoms in total. The second-order valence-corrected chi connectivity index (χ2v) is 4.57. The molecule has 2 rings (SSSR count). The number of benzene rings is 1. The van der Waals surface area contributed by atoms with E-state index in [-0.39, 0.29) is 5.91 Å². The van der Waals surface area contributed by atoms with Crippen LogP contribution < -0.4 is 16.0 Å². The van der Waals surface area contributed by atoms with E-state index in [2.05, 4.69) is 25.9 Å². The van der Waals surface area contributed by atoms with E-state index in [1.165, 1.54) is 6.92 Å². The van der Waals surface area contributed by atoms with Crippen molar-refractivity contribution in [2.45, 2.75) is 6.92 Å². The molecule has 0 saturated carbocycles. The quantitative estimate of drug-likeness (QED) is 0.680. The van der Waals surface area contributed by atoms with Crippen molar-refractivity contribution in [2.75, 3.05) is 36.2 Å². The van der Waals surface area contributed by atoms with Crippen molar-refractivity contribution >= 4 is 29.0 Å². The summed E-state index contributed by atoms with van der Waals surface area (Å²) in [6.45, 7) is 2.71. The van der Waals surface area contributed by atoms with Gasteiger partial charge in [0.15, 0.2) is 0 Å². The number of hydrogen-bond donors (Lipinski definition) is 3. The number of aromatic nitrogens is 2. The molecule has 0 unspecified atom stereocenters. The van der Waals surface area contributed by atoms with E-state index in [0.29, 0.717) is 24.9 Å². The zero-order chi connectivity index (χ0) is 15.8. The Balaban J connectivity index is 1.97. The van der Waals surface area contributed by atoms with E-state index in [9.17, 15) is 4.79 Å². The van der Waals surface area contributed by atoms with Crippen LogP contribution in [-0.4, -0.2) is 36.1 Å². The molecule has 0 bridgehead atoms. The summed E-state index contributed by atoms with van der Waals surface area (Å²) in [5.41, 5.74) is 1.62. The number of carbonyl (C=O) groups is 1. The molecule has 0 saturated heterocycles. The normalized spacial score (nSPS) is 10.1. The lowest BCUT2D eigenvalue weighted by atomic mass is 10.2. The number of ether oxygens (including phenoxy) is 1. The van der Waals surface area contributed by atoms with Crippen molar-refractivity contribution in [3.63, 3.8) is 0 Å². The van der Waals surface area contributed by atoms with Crippen molar-refractivity contribution in [3.8, 4) is 0 Å². The fraction of sp³-hybridized carbons (Fsp3) is 0.267. The van der Waals surface area contributed by atoms with Gasteiger partial charge in [0.2, 0.25) is 11.9 Å². The molecule has 2 aromatic rings. The summed E-state index contributed by atoms with van der Waals surface area (Å²) in [5, 5.41) is 8.97. The van der Waals surface area contributed by atoms with Crippen molar-refractivity contribution in [2.24, 2.45) is 0 Å². The molecule has 0 radical (unpaired) electrons. The minimum absolute atomic E-state index is 0.0942. The summed E-state index contributed by atoms with van der Waals surface area (Å²) >= 11 is 0. The van der Waals surface area contributed by atoms with Gasteiger partial charge in [0, 0.05) is 38.1 Å². The van der Waals surface area contributed by atoms with Gasteiger partial charge in [-0.1, -0.05) is 0 Å². The maximum absolute atomic E-state index is 11.0. The van der Waals surface area contributed by atoms with E-state index in [1.54, 1.807) is 19.4 Å². The molecule has 22 heavy (non-hydrogen) atoms. The van der Waals surface area contributed by atoms with Gasteiger partial charge < -0.3 is 20.7 Å². The molecule has 0 aliphatic rings. The number of nitrogens with zero attached hydrogens (tertiary/aromatic N) is 2. The minimum Gasteiger partial charge on any atom is -0.383 e. The van der Waals surface area contributed by atoms with Crippen LogP contribution in [0, 0.1) is 0 Å². The van der Waals surface area contributed by atoms with Gasteiger partial charge in [0.1, 0.15) is 5.82 Å². The van der Waals surface area contributed by atoms with Crippen LogP contribution >= 0.6 is 0 Å². The lowest BCUT2D eigenvalue weighted by Gasteiger charge is -2.09. The predicted molar refractivity (Wildman–Crippen MR) is 86.4 cm³/mol. The summed E-state index contributed by atoms with van der Waals surface area (Å²) < 4.78 is 4.96. The van der Waals surface area contributed by atoms with Gasteiger partial charge in [-0.2, -0.15) is 4.98 Å². The second kappa shape index (κ2) is 7.94. The third kappa shape index (κ3) is 5.02. The average molecular weight is 301 g/mol. The third-order valence-electron chi connectivity index (χ3n) is 2.72. The molecule has 3 N–H and O–H groups in total. The molecule has 1 amide bonds. The monoisotopic (exact) mass is 301 g/mol. The number of methoxy groups -OCH3 is 1. The predicted octanol–water partition coefficient (Wildman–Crippen LogP) is 2.24. The van der Waals surface area contributed by atoms with Gasteiger partial charge in [-0.05, 0) is 30.3 Å². The zero-order valence-corrected chi connectivity index (χ0v) is 12.6. The van der Waals surface area contributed by atoms with Gasteiger partial charge in [0.05, 0.1) is 6.61 Å². The zero-order valence-electron chi connectivity index (χ0n) is 12.6. The molecule has 0 aliphatic carbocycles. The van der Waals surface area contributed by atoms with Crippen LogP contribution in [0.1, 0.15) is 6.92 Å². The second-order valence-electron chi connectivity index (χ2n) is 4.57. The largest absolute Gasteiger partial charge is 0.383 e. The van der Waals surface area contributed by atoms with Crippen molar-refractivity contribution in [1.29, 1.82) is 0 Å². The number of carbonyl (C=O) groups excluding carboxylic acids is 1. The van der Waals surface area contributed by atoms with E-state index >= 15 is 0 Å². The fourth-order valence-electron chi connectivity index (χ4n) is 1.77. The van der Waals surface area contributed by atoms with Gasteiger partial charge in [0.25, 0.3) is 0 Å². The van der Waals surface area contributed by atoms with Crippen LogP contribution in [-0.2, 0) is 9.53 Å². The Kier molecular flexibility index (Phi) is 5.67. The summed E-state index contributed by atoms with van der Waals surface area (Å²) in [4.78, 5) is 19.5. The Hall–Kier alpha value is -2.67. The highest BCUT2D eigenvalue weighted by atomic mass is 16.5. The Labute approximate surface area is 129 Å². The van der Waals surface area contributed by atoms with Crippen LogP contribution in [0.25, 0.3) is 0 Å². The summed E-state index contributed by atoms with van der Waals surface area (Å²) in [5.74, 6) is 1.13. The van der Waals surface area contributed by atoms with E-state index in [1.807, 2.05) is 24.3 Å². The SMILES string of the molecule is COCCNc1nccc(Nc2ccc(NC(C)=O)cc2)n1. The molecule has 0 spiro atoms. The van der Waals surface area contributed by atoms with Crippen LogP contribution in [0.5, 0.6) is 0 Å². The molecule has 0 fully saturated rings. The van der Waals surface area contributed by atoms with E-state index in [4.69, 9.17) is 4.74 Å². The molecule has 116 valence electrons. The molecule has 1 aromatic carbocycles. The van der Waals surface area contributed by atoms with Crippen LogP contribution in [0.3, 0.4) is 0 Å². The van der Waals surface area contributed by atoms with Gasteiger partial charge in [-0.15, -0.1) is 0 Å². The van der Waals surface area contributed by atoms with Crippen molar-refractivity contribution in [1.82, 2.24) is 9.97 Å². The van der Waals surface area contributed by atoms with E-state index < -0.39 is 0 Å². The highest BCUT2D eigenvalue weighted by Crippen LogP contribution is 2.18. The first-order valence-corrected chi connectivity index (χ1v) is 6.88. The number of hydrogen-bond acceptors (Lipinski definition) is 6. The standard InChI is InChI=1S/C15H19N5O2/c1-11(21)18-12-3-5-13(6-4-12)19-14-7-8-16-15(20-14)17-9-10-22-2/h3-8H,9-10H2,1-2H3,(H,18,21)(H2,16,17,19,20). The molecular formula is C15H19N5O2. The maximum atomic E-state index is 11.0. The molecule has 0 aliphatic heterocycles. The van der Waals surface area contributed by atoms with Gasteiger partial charge >= 0.3 is 0 Å². The minimum atomic E-state index is -0.0942. The number of nitrogens with one attached hydrogen (secondary N) is 3. The van der Waals surface area contributed by atoms with Crippen molar-refractivity contribution in [3.05, 3.63) is 36.5 Å². The summed E-state index contributed by atoms with van der Waals surface area (Å²) in [6.07, 6.45) is 1.68. The maximum Gasteiger partial charge on any atom is 0.224 e. The lowest BCUT2D eigenvalue weighted by molar-refractivity contribution is -0.114. The van der Waals surface area contributed by atoms with E-state index in [0.717, 1.165) is 11.4 Å². The smallest absolute Gasteiger partial charge is 0.224 e. The average Bonchev–Trinajstić information content (AvgIpc) is 2.49. The summed E-state index contributed by atoms with van der Waals surface area (Å²) in [6, 6.07) is 9.16.